The summed E-state index contributed by atoms with van der Waals surface area (Å²) in [6.07, 6.45) is 6.27. The van der Waals surface area contributed by atoms with Gasteiger partial charge in [0.25, 0.3) is 0 Å². The highest BCUT2D eigenvalue weighted by Gasteiger charge is 2.19. The molecule has 9 rings (SSSR count). The third-order valence-electron chi connectivity index (χ3n) is 8.96. The van der Waals surface area contributed by atoms with Crippen LogP contribution in [0.25, 0.3) is 44.7 Å². The number of rotatable bonds is 8. The van der Waals surface area contributed by atoms with Crippen molar-refractivity contribution >= 4 is 16.9 Å². The first kappa shape index (κ1) is 38.8. The molecule has 0 radical (unpaired) electrons. The van der Waals surface area contributed by atoms with Gasteiger partial charge in [0.1, 0.15) is 29.1 Å². The molecule has 0 aliphatic carbocycles. The fourth-order valence-corrected chi connectivity index (χ4v) is 6.21. The zero-order chi connectivity index (χ0) is 41.9. The molecule has 0 unspecified atom stereocenters. The summed E-state index contributed by atoms with van der Waals surface area (Å²) in [5, 5.41) is 19.4. The summed E-state index contributed by atoms with van der Waals surface area (Å²) in [6, 6.07) is 22.9. The molecule has 12 nitrogen and oxygen atoms in total. The van der Waals surface area contributed by atoms with Crippen molar-refractivity contribution in [3.05, 3.63) is 189 Å². The second-order valence-corrected chi connectivity index (χ2v) is 13.0. The number of pyridine rings is 3. The molecule has 0 saturated carbocycles. The van der Waals surface area contributed by atoms with Crippen LogP contribution in [-0.2, 0) is 6.54 Å². The number of hydrogen-bond donors (Lipinski definition) is 1. The second-order valence-electron chi connectivity index (χ2n) is 13.0. The van der Waals surface area contributed by atoms with E-state index in [9.17, 15) is 31.5 Å². The van der Waals surface area contributed by atoms with Gasteiger partial charge in [-0.15, -0.1) is 15.3 Å². The van der Waals surface area contributed by atoms with Gasteiger partial charge in [-0.25, -0.2) is 31.0 Å². The van der Waals surface area contributed by atoms with Gasteiger partial charge in [0.2, 0.25) is 17.7 Å². The second kappa shape index (κ2) is 16.4. The van der Waals surface area contributed by atoms with Crippen LogP contribution in [0.2, 0.25) is 0 Å². The lowest BCUT2D eigenvalue weighted by Crippen LogP contribution is -2.12. The Morgan fingerprint density at radius 3 is 2.13 bits per heavy atom. The average Bonchev–Trinajstić information content (AvgIpc) is 3.68. The topological polar surface area (TPSA) is 142 Å². The van der Waals surface area contributed by atoms with Crippen LogP contribution in [0.15, 0.2) is 142 Å². The number of fused-ring (bicyclic) bond motifs is 2. The molecule has 6 heterocycles. The van der Waals surface area contributed by atoms with E-state index in [4.69, 9.17) is 9.15 Å². The first-order valence-electron chi connectivity index (χ1n) is 17.9. The molecule has 1 N–H and O–H groups in total. The molecule has 6 aromatic heterocycles. The Morgan fingerprint density at radius 1 is 0.683 bits per heavy atom. The number of hydrogen-bond acceptors (Lipinski definition) is 10. The van der Waals surface area contributed by atoms with E-state index in [0.29, 0.717) is 35.4 Å². The standard InChI is InChI=1S/C23H13F3N4O3.C20H14F2N4O/c1-12-27-28-23(32-12)13-2-4-16(25)15(10-13)22-18-5-7-21(29-30(18)9-8-19(22)31)33-20-6-3-14(24)11-17(20)26;21-14-4-1-5-15(22)19(14)20-16-6-7-18(25-26(16)10-8-17(20)27)24-12-13-3-2-9-23-11-13/h2-11H,1H3;1-11H,12H2,(H,24,25). The first-order valence-corrected chi connectivity index (χ1v) is 17.9. The van der Waals surface area contributed by atoms with E-state index in [0.717, 1.165) is 29.8 Å². The molecule has 60 heavy (non-hydrogen) atoms. The highest BCUT2D eigenvalue weighted by molar-refractivity contribution is 5.83. The minimum Gasteiger partial charge on any atom is -0.434 e. The minimum absolute atomic E-state index is 0.0156. The van der Waals surface area contributed by atoms with Crippen molar-refractivity contribution in [2.75, 3.05) is 5.32 Å². The van der Waals surface area contributed by atoms with Crippen molar-refractivity contribution in [3.8, 4) is 45.3 Å². The number of aryl methyl sites for hydroxylation is 1. The predicted molar refractivity (Wildman–Crippen MR) is 210 cm³/mol. The van der Waals surface area contributed by atoms with Crippen LogP contribution in [0, 0.1) is 36.0 Å². The number of anilines is 1. The average molecular weight is 815 g/mol. The van der Waals surface area contributed by atoms with E-state index in [-0.39, 0.29) is 45.3 Å². The number of halogens is 5. The Bertz CT molecular complexity index is 3160. The van der Waals surface area contributed by atoms with Crippen molar-refractivity contribution in [2.45, 2.75) is 13.5 Å². The van der Waals surface area contributed by atoms with Gasteiger partial charge >= 0.3 is 0 Å². The fraction of sp³-hybridized carbons (Fsp3) is 0.0465. The van der Waals surface area contributed by atoms with Crippen LogP contribution < -0.4 is 20.9 Å². The van der Waals surface area contributed by atoms with Crippen LogP contribution >= 0.6 is 0 Å². The monoisotopic (exact) mass is 814 g/mol. The van der Waals surface area contributed by atoms with Gasteiger partial charge in [-0.3, -0.25) is 14.6 Å². The highest BCUT2D eigenvalue weighted by atomic mass is 19.1. The van der Waals surface area contributed by atoms with Crippen LogP contribution in [0.4, 0.5) is 27.8 Å². The first-order chi connectivity index (χ1) is 29.0. The molecular weight excluding hydrogens is 788 g/mol. The van der Waals surface area contributed by atoms with E-state index in [1.54, 1.807) is 31.5 Å². The van der Waals surface area contributed by atoms with Gasteiger partial charge in [0.15, 0.2) is 22.4 Å². The highest BCUT2D eigenvalue weighted by Crippen LogP contribution is 2.31. The number of aromatic nitrogens is 7. The summed E-state index contributed by atoms with van der Waals surface area (Å²) in [5.74, 6) is -3.02. The summed E-state index contributed by atoms with van der Waals surface area (Å²) >= 11 is 0. The number of benzene rings is 3. The lowest BCUT2D eigenvalue weighted by molar-refractivity contribution is 0.416. The van der Waals surface area contributed by atoms with Crippen molar-refractivity contribution < 1.29 is 31.1 Å². The zero-order valence-electron chi connectivity index (χ0n) is 31.0. The minimum atomic E-state index is -0.896. The number of ether oxygens (including phenoxy) is 1. The maximum absolute atomic E-state index is 14.8. The molecule has 3 aromatic carbocycles. The molecule has 0 amide bonds. The van der Waals surface area contributed by atoms with Gasteiger partial charge in [0, 0.05) is 73.6 Å². The van der Waals surface area contributed by atoms with E-state index in [1.807, 2.05) is 12.1 Å². The molecule has 9 aromatic rings. The molecule has 0 aliphatic heterocycles. The summed E-state index contributed by atoms with van der Waals surface area (Å²) in [6.45, 7) is 2.14. The molecule has 0 fully saturated rings. The molecule has 0 saturated heterocycles. The van der Waals surface area contributed by atoms with Crippen molar-refractivity contribution in [2.24, 2.45) is 0 Å². The third-order valence-corrected chi connectivity index (χ3v) is 8.96. The zero-order valence-corrected chi connectivity index (χ0v) is 31.0. The lowest BCUT2D eigenvalue weighted by atomic mass is 10.0. The fourth-order valence-electron chi connectivity index (χ4n) is 6.21. The third kappa shape index (κ3) is 8.04. The summed E-state index contributed by atoms with van der Waals surface area (Å²) < 4.78 is 83.8. The SMILES string of the molecule is Cc1nnc(-c2ccc(F)c(-c3c(=O)ccn4nc(Oc5ccc(F)cc5F)ccc34)c2)o1.O=c1ccn2nc(NCc3cccnc3)ccc2c1-c1c(F)cccc1F. The van der Waals surface area contributed by atoms with Gasteiger partial charge in [-0.1, -0.05) is 12.1 Å². The van der Waals surface area contributed by atoms with Crippen molar-refractivity contribution in [3.63, 3.8) is 0 Å². The van der Waals surface area contributed by atoms with E-state index in [2.05, 4.69) is 30.7 Å². The summed E-state index contributed by atoms with van der Waals surface area (Å²) in [4.78, 5) is 29.1. The molecule has 298 valence electrons. The molecule has 0 aliphatic rings. The molecule has 17 heteroatoms. The van der Waals surface area contributed by atoms with Crippen LogP contribution in [0.5, 0.6) is 11.6 Å². The Kier molecular flexibility index (Phi) is 10.6. The smallest absolute Gasteiger partial charge is 0.247 e. The Morgan fingerprint density at radius 2 is 1.42 bits per heavy atom. The molecule has 0 spiro atoms. The van der Waals surface area contributed by atoms with Gasteiger partial charge in [0.05, 0.1) is 27.7 Å². The van der Waals surface area contributed by atoms with Gasteiger partial charge in [-0.05, 0) is 72.3 Å². The number of nitrogens with one attached hydrogen (secondary N) is 1. The van der Waals surface area contributed by atoms with Crippen molar-refractivity contribution in [1.82, 2.24) is 34.4 Å². The van der Waals surface area contributed by atoms with E-state index in [1.165, 1.54) is 70.0 Å². The Labute approximate surface area is 334 Å². The predicted octanol–water partition coefficient (Wildman–Crippen LogP) is 8.58. The van der Waals surface area contributed by atoms with E-state index < -0.39 is 39.9 Å². The normalized spacial score (nSPS) is 11.0. The van der Waals surface area contributed by atoms with Gasteiger partial charge in [-0.2, -0.15) is 5.10 Å². The van der Waals surface area contributed by atoms with Gasteiger partial charge < -0.3 is 14.5 Å². The van der Waals surface area contributed by atoms with Crippen LogP contribution in [-0.4, -0.2) is 34.4 Å². The van der Waals surface area contributed by atoms with Crippen LogP contribution in [0.3, 0.4) is 0 Å². The molecular formula is C43H27F5N8O4. The Balaban J connectivity index is 0.000000170. The maximum Gasteiger partial charge on any atom is 0.247 e. The lowest BCUT2D eigenvalue weighted by Gasteiger charge is -2.11. The largest absolute Gasteiger partial charge is 0.434 e. The summed E-state index contributed by atoms with van der Waals surface area (Å²) in [5.41, 5.74) is 0.779. The maximum atomic E-state index is 14.8. The number of nitrogens with zero attached hydrogens (tertiary/aromatic N) is 7. The van der Waals surface area contributed by atoms with Crippen molar-refractivity contribution in [1.29, 1.82) is 0 Å². The summed E-state index contributed by atoms with van der Waals surface area (Å²) in [7, 11) is 0. The Hall–Kier alpha value is -8.08. The quantitative estimate of drug-likeness (QED) is 0.148. The van der Waals surface area contributed by atoms with Crippen LogP contribution in [0.1, 0.15) is 11.5 Å². The molecule has 0 bridgehead atoms. The molecule has 0 atom stereocenters. The van der Waals surface area contributed by atoms with E-state index >= 15 is 0 Å².